The van der Waals surface area contributed by atoms with Crippen LogP contribution in [0, 0.1) is 13.8 Å². The fourth-order valence-electron chi connectivity index (χ4n) is 4.63. The van der Waals surface area contributed by atoms with E-state index in [1.807, 2.05) is 36.1 Å². The maximum atomic E-state index is 13.6. The van der Waals surface area contributed by atoms with Crippen LogP contribution in [0.25, 0.3) is 11.1 Å². The molecule has 2 aromatic carbocycles. The molecule has 2 aromatic heterocycles. The van der Waals surface area contributed by atoms with Crippen LogP contribution >= 0.6 is 0 Å². The fraction of sp³-hybridized carbons (Fsp3) is 0.296. The summed E-state index contributed by atoms with van der Waals surface area (Å²) in [5, 5.41) is 0. The highest BCUT2D eigenvalue weighted by atomic mass is 16.5. The summed E-state index contributed by atoms with van der Waals surface area (Å²) in [6.07, 6.45) is 0. The number of fused-ring (bicyclic) bond motifs is 1. The number of hydrogen-bond donors (Lipinski definition) is 0. The lowest BCUT2D eigenvalue weighted by molar-refractivity contribution is 0.0737. The van der Waals surface area contributed by atoms with Gasteiger partial charge in [-0.05, 0) is 43.7 Å². The second kappa shape index (κ2) is 8.70. The molecule has 4 aromatic rings. The van der Waals surface area contributed by atoms with Gasteiger partial charge in [0.05, 0.1) is 12.6 Å². The van der Waals surface area contributed by atoms with Gasteiger partial charge in [-0.3, -0.25) is 4.79 Å². The van der Waals surface area contributed by atoms with Crippen molar-refractivity contribution in [1.82, 2.24) is 9.47 Å². The molecule has 0 spiro atoms. The van der Waals surface area contributed by atoms with Crippen molar-refractivity contribution in [1.29, 1.82) is 0 Å². The van der Waals surface area contributed by atoms with Crippen molar-refractivity contribution in [3.05, 3.63) is 83.2 Å². The van der Waals surface area contributed by atoms with Gasteiger partial charge < -0.3 is 23.5 Å². The fourth-order valence-corrected chi connectivity index (χ4v) is 4.63. The van der Waals surface area contributed by atoms with E-state index in [9.17, 15) is 4.79 Å². The van der Waals surface area contributed by atoms with E-state index in [1.54, 1.807) is 7.11 Å². The van der Waals surface area contributed by atoms with Gasteiger partial charge in [0, 0.05) is 50.5 Å². The average molecular weight is 444 g/mol. The minimum absolute atomic E-state index is 0.0566. The van der Waals surface area contributed by atoms with Crippen LogP contribution in [-0.2, 0) is 6.54 Å². The number of rotatable bonds is 5. The number of ether oxygens (including phenoxy) is 1. The van der Waals surface area contributed by atoms with E-state index < -0.39 is 0 Å². The molecule has 0 bridgehead atoms. The van der Waals surface area contributed by atoms with Crippen LogP contribution in [0.1, 0.15) is 27.4 Å². The van der Waals surface area contributed by atoms with Crippen LogP contribution in [0.5, 0.6) is 5.75 Å². The number of carbonyl (C=O) groups excluding carboxylic acids is 1. The molecule has 3 heterocycles. The second-order valence-electron chi connectivity index (χ2n) is 8.69. The van der Waals surface area contributed by atoms with Crippen LogP contribution < -0.4 is 9.64 Å². The van der Waals surface area contributed by atoms with Gasteiger partial charge in [-0.15, -0.1) is 0 Å². The third kappa shape index (κ3) is 4.21. The molecule has 170 valence electrons. The van der Waals surface area contributed by atoms with E-state index in [1.165, 1.54) is 11.1 Å². The van der Waals surface area contributed by atoms with E-state index in [0.717, 1.165) is 41.4 Å². The third-order valence-electron chi connectivity index (χ3n) is 6.36. The minimum atomic E-state index is 0.0566. The van der Waals surface area contributed by atoms with Crippen LogP contribution in [-0.4, -0.2) is 48.7 Å². The molecule has 1 aliphatic heterocycles. The number of amides is 1. The lowest BCUT2D eigenvalue weighted by Crippen LogP contribution is -2.49. The number of furan rings is 1. The van der Waals surface area contributed by atoms with E-state index >= 15 is 0 Å². The highest BCUT2D eigenvalue weighted by Crippen LogP contribution is 2.27. The summed E-state index contributed by atoms with van der Waals surface area (Å²) in [5.41, 5.74) is 5.95. The monoisotopic (exact) mass is 443 g/mol. The summed E-state index contributed by atoms with van der Waals surface area (Å²) in [6, 6.07) is 20.4. The van der Waals surface area contributed by atoms with Crippen molar-refractivity contribution in [3.63, 3.8) is 0 Å². The number of aryl methyl sites for hydroxylation is 2. The standard InChI is InChI=1S/C27H29N3O3/c1-19-5-4-6-21(15-19)18-30-24-16-20(2)33-26(24)17-25(30)27(31)29-13-11-28(12-14-29)22-7-9-23(32-3)10-8-22/h4-10,15-17H,11-14,18H2,1-3H3. The predicted octanol–water partition coefficient (Wildman–Crippen LogP) is 4.87. The number of methoxy groups -OCH3 is 1. The third-order valence-corrected chi connectivity index (χ3v) is 6.36. The zero-order valence-corrected chi connectivity index (χ0v) is 19.4. The lowest BCUT2D eigenvalue weighted by atomic mass is 10.1. The molecule has 6 nitrogen and oxygen atoms in total. The quantitative estimate of drug-likeness (QED) is 0.442. The van der Waals surface area contributed by atoms with E-state index in [-0.39, 0.29) is 5.91 Å². The largest absolute Gasteiger partial charge is 0.497 e. The molecule has 0 N–H and O–H groups in total. The number of aromatic nitrogens is 1. The normalized spacial score (nSPS) is 14.2. The first kappa shape index (κ1) is 21.2. The van der Waals surface area contributed by atoms with Gasteiger partial charge in [-0.1, -0.05) is 29.8 Å². The Morgan fingerprint density at radius 2 is 1.73 bits per heavy atom. The second-order valence-corrected chi connectivity index (χ2v) is 8.69. The SMILES string of the molecule is COc1ccc(N2CCN(C(=O)c3cc4oc(C)cc4n3Cc3cccc(C)c3)CC2)cc1. The Kier molecular flexibility index (Phi) is 5.58. The minimum Gasteiger partial charge on any atom is -0.497 e. The molecule has 0 aliphatic carbocycles. The summed E-state index contributed by atoms with van der Waals surface area (Å²) in [4.78, 5) is 17.8. The summed E-state index contributed by atoms with van der Waals surface area (Å²) < 4.78 is 13.2. The summed E-state index contributed by atoms with van der Waals surface area (Å²) in [6.45, 7) is 7.62. The maximum Gasteiger partial charge on any atom is 0.270 e. The first-order chi connectivity index (χ1) is 16.0. The Labute approximate surface area is 194 Å². The van der Waals surface area contributed by atoms with Crippen molar-refractivity contribution in [2.24, 2.45) is 0 Å². The van der Waals surface area contributed by atoms with Crippen LogP contribution in [0.4, 0.5) is 5.69 Å². The molecule has 0 atom stereocenters. The Morgan fingerprint density at radius 3 is 2.42 bits per heavy atom. The molecular weight excluding hydrogens is 414 g/mol. The Bertz CT molecular complexity index is 1280. The molecule has 1 fully saturated rings. The Balaban J connectivity index is 1.36. The number of anilines is 1. The van der Waals surface area contributed by atoms with Gasteiger partial charge in [0.2, 0.25) is 0 Å². The van der Waals surface area contributed by atoms with E-state index in [4.69, 9.17) is 9.15 Å². The number of benzene rings is 2. The van der Waals surface area contributed by atoms with Crippen molar-refractivity contribution < 1.29 is 13.9 Å². The molecule has 0 radical (unpaired) electrons. The highest BCUT2D eigenvalue weighted by molar-refractivity contribution is 5.98. The van der Waals surface area contributed by atoms with Crippen molar-refractivity contribution in [2.75, 3.05) is 38.2 Å². The van der Waals surface area contributed by atoms with Crippen LogP contribution in [0.3, 0.4) is 0 Å². The number of carbonyl (C=O) groups is 1. The number of nitrogens with zero attached hydrogens (tertiary/aromatic N) is 3. The lowest BCUT2D eigenvalue weighted by Gasteiger charge is -2.36. The molecule has 1 amide bonds. The van der Waals surface area contributed by atoms with Gasteiger partial charge in [-0.2, -0.15) is 0 Å². The van der Waals surface area contributed by atoms with Gasteiger partial charge in [-0.25, -0.2) is 0 Å². The molecule has 1 aliphatic rings. The van der Waals surface area contributed by atoms with Gasteiger partial charge in [0.1, 0.15) is 17.2 Å². The zero-order chi connectivity index (χ0) is 22.9. The first-order valence-corrected chi connectivity index (χ1v) is 11.4. The summed E-state index contributed by atoms with van der Waals surface area (Å²) >= 11 is 0. The van der Waals surface area contributed by atoms with Gasteiger partial charge >= 0.3 is 0 Å². The zero-order valence-electron chi connectivity index (χ0n) is 19.4. The molecule has 6 heteroatoms. The molecule has 0 unspecified atom stereocenters. The first-order valence-electron chi connectivity index (χ1n) is 11.4. The van der Waals surface area contributed by atoms with Gasteiger partial charge in [0.25, 0.3) is 5.91 Å². The van der Waals surface area contributed by atoms with Crippen molar-refractivity contribution >= 4 is 22.7 Å². The topological polar surface area (TPSA) is 50.9 Å². The van der Waals surface area contributed by atoms with Crippen molar-refractivity contribution in [2.45, 2.75) is 20.4 Å². The van der Waals surface area contributed by atoms with Crippen LogP contribution in [0.15, 0.2) is 65.1 Å². The van der Waals surface area contributed by atoms with E-state index in [0.29, 0.717) is 25.3 Å². The number of hydrogen-bond acceptors (Lipinski definition) is 4. The smallest absolute Gasteiger partial charge is 0.270 e. The molecular formula is C27H29N3O3. The molecule has 1 saturated heterocycles. The average Bonchev–Trinajstić information content (AvgIpc) is 3.35. The highest BCUT2D eigenvalue weighted by Gasteiger charge is 2.26. The summed E-state index contributed by atoms with van der Waals surface area (Å²) in [7, 11) is 1.67. The Hall–Kier alpha value is -3.67. The molecule has 5 rings (SSSR count). The Morgan fingerprint density at radius 1 is 0.970 bits per heavy atom. The number of piperazine rings is 1. The molecule has 33 heavy (non-hydrogen) atoms. The maximum absolute atomic E-state index is 13.6. The van der Waals surface area contributed by atoms with Gasteiger partial charge in [0.15, 0.2) is 5.58 Å². The van der Waals surface area contributed by atoms with Crippen molar-refractivity contribution in [3.8, 4) is 5.75 Å². The summed E-state index contributed by atoms with van der Waals surface area (Å²) in [5.74, 6) is 1.76. The molecule has 0 saturated carbocycles. The predicted molar refractivity (Wildman–Crippen MR) is 130 cm³/mol. The van der Waals surface area contributed by atoms with Crippen LogP contribution in [0.2, 0.25) is 0 Å². The van der Waals surface area contributed by atoms with E-state index in [2.05, 4.69) is 52.8 Å².